The summed E-state index contributed by atoms with van der Waals surface area (Å²) < 4.78 is 6.68. The number of methoxy groups -OCH3 is 1. The minimum atomic E-state index is -0.488. The molecule has 0 aliphatic heterocycles. The largest absolute Gasteiger partial charge is 0.469 e. The lowest BCUT2D eigenvalue weighted by atomic mass is 10.1. The molecule has 0 aliphatic carbocycles. The number of hydrogen-bond donors (Lipinski definition) is 1. The van der Waals surface area contributed by atoms with E-state index in [1.807, 2.05) is 0 Å². The van der Waals surface area contributed by atoms with Gasteiger partial charge in [0.05, 0.1) is 19.2 Å². The smallest absolute Gasteiger partial charge is 0.353 e. The van der Waals surface area contributed by atoms with Gasteiger partial charge < -0.3 is 10.1 Å². The molecule has 21 heavy (non-hydrogen) atoms. The third kappa shape index (κ3) is 2.79. The zero-order valence-electron chi connectivity index (χ0n) is 11.2. The summed E-state index contributed by atoms with van der Waals surface area (Å²) in [4.78, 5) is 27.1. The molecule has 0 radical (unpaired) electrons. The van der Waals surface area contributed by atoms with Gasteiger partial charge in [-0.25, -0.2) is 14.2 Å². The van der Waals surface area contributed by atoms with Gasteiger partial charge in [-0.05, 0) is 0 Å². The molecule has 9 nitrogen and oxygen atoms in total. The predicted octanol–water partition coefficient (Wildman–Crippen LogP) is -0.760. The standard InChI is InChI=1S/C12H12N6O3/c1-3-6-18-12(20)17-7-14-10(11(17)15-16-18)8(13)4-5-9(19)21-2/h1,7,13H,4-6H2,2H3. The van der Waals surface area contributed by atoms with E-state index >= 15 is 0 Å². The molecular weight excluding hydrogens is 276 g/mol. The fourth-order valence-electron chi connectivity index (χ4n) is 1.68. The van der Waals surface area contributed by atoms with Crippen molar-refractivity contribution in [2.45, 2.75) is 19.4 Å². The maximum atomic E-state index is 12.0. The Morgan fingerprint density at radius 3 is 2.95 bits per heavy atom. The summed E-state index contributed by atoms with van der Waals surface area (Å²) >= 11 is 0. The van der Waals surface area contributed by atoms with Crippen molar-refractivity contribution in [3.63, 3.8) is 0 Å². The molecule has 1 N–H and O–H groups in total. The number of ether oxygens (including phenoxy) is 1. The molecule has 2 rings (SSSR count). The fourth-order valence-corrected chi connectivity index (χ4v) is 1.68. The molecule has 0 fully saturated rings. The monoisotopic (exact) mass is 288 g/mol. The molecule has 108 valence electrons. The number of nitrogens with one attached hydrogen (secondary N) is 1. The summed E-state index contributed by atoms with van der Waals surface area (Å²) in [5.41, 5.74) is -0.0525. The lowest BCUT2D eigenvalue weighted by Gasteiger charge is -2.01. The second-order valence-electron chi connectivity index (χ2n) is 4.08. The van der Waals surface area contributed by atoms with E-state index in [0.717, 1.165) is 9.08 Å². The van der Waals surface area contributed by atoms with Gasteiger partial charge in [-0.3, -0.25) is 4.79 Å². The first-order valence-corrected chi connectivity index (χ1v) is 5.97. The number of carbonyl (C=O) groups is 1. The van der Waals surface area contributed by atoms with Gasteiger partial charge in [0.25, 0.3) is 0 Å². The van der Waals surface area contributed by atoms with E-state index < -0.39 is 11.7 Å². The van der Waals surface area contributed by atoms with Crippen molar-refractivity contribution in [2.75, 3.05) is 7.11 Å². The molecule has 0 unspecified atom stereocenters. The number of nitrogens with zero attached hydrogens (tertiary/aromatic N) is 5. The molecule has 0 saturated heterocycles. The molecule has 0 amide bonds. The summed E-state index contributed by atoms with van der Waals surface area (Å²) in [7, 11) is 1.28. The summed E-state index contributed by atoms with van der Waals surface area (Å²) in [6.45, 7) is -0.00489. The third-order valence-electron chi connectivity index (χ3n) is 2.75. The van der Waals surface area contributed by atoms with Crippen LogP contribution in [0.4, 0.5) is 0 Å². The van der Waals surface area contributed by atoms with Crippen molar-refractivity contribution in [2.24, 2.45) is 0 Å². The lowest BCUT2D eigenvalue weighted by Crippen LogP contribution is -2.29. The van der Waals surface area contributed by atoms with Crippen molar-refractivity contribution < 1.29 is 9.53 Å². The van der Waals surface area contributed by atoms with E-state index in [-0.39, 0.29) is 36.4 Å². The van der Waals surface area contributed by atoms with Crippen molar-refractivity contribution in [3.05, 3.63) is 22.5 Å². The first kappa shape index (κ1) is 14.4. The SMILES string of the molecule is C#CCn1nnc2c(C(=N)CCC(=O)OC)ncn2c1=O. The Labute approximate surface area is 119 Å². The van der Waals surface area contributed by atoms with Crippen LogP contribution in [0.15, 0.2) is 11.1 Å². The summed E-state index contributed by atoms with van der Waals surface area (Å²) in [6.07, 6.45) is 6.56. The van der Waals surface area contributed by atoms with Crippen LogP contribution < -0.4 is 5.69 Å². The van der Waals surface area contributed by atoms with Crippen LogP contribution >= 0.6 is 0 Å². The van der Waals surface area contributed by atoms with E-state index in [1.54, 1.807) is 0 Å². The number of terminal acetylenes is 1. The first-order chi connectivity index (χ1) is 10.1. The second kappa shape index (κ2) is 5.96. The Kier molecular flexibility index (Phi) is 4.08. The normalized spacial score (nSPS) is 10.3. The highest BCUT2D eigenvalue weighted by Crippen LogP contribution is 2.08. The number of rotatable bonds is 5. The number of carbonyl (C=O) groups excluding carboxylic acids is 1. The molecular formula is C12H12N6O3. The summed E-state index contributed by atoms with van der Waals surface area (Å²) in [5, 5.41) is 15.4. The quantitative estimate of drug-likeness (QED) is 0.439. The number of aromatic nitrogens is 5. The van der Waals surface area contributed by atoms with Crippen LogP contribution in [0.25, 0.3) is 5.65 Å². The molecule has 0 aromatic carbocycles. The van der Waals surface area contributed by atoms with Gasteiger partial charge in [0.1, 0.15) is 18.6 Å². The lowest BCUT2D eigenvalue weighted by molar-refractivity contribution is -0.140. The van der Waals surface area contributed by atoms with Crippen molar-refractivity contribution in [1.29, 1.82) is 5.41 Å². The van der Waals surface area contributed by atoms with Gasteiger partial charge in [0.15, 0.2) is 5.65 Å². The van der Waals surface area contributed by atoms with E-state index in [2.05, 4.69) is 26.0 Å². The third-order valence-corrected chi connectivity index (χ3v) is 2.75. The molecule has 0 atom stereocenters. The van der Waals surface area contributed by atoms with Crippen LogP contribution in [0.5, 0.6) is 0 Å². The Morgan fingerprint density at radius 2 is 2.29 bits per heavy atom. The van der Waals surface area contributed by atoms with Gasteiger partial charge in [-0.15, -0.1) is 11.5 Å². The molecule has 2 aromatic rings. The van der Waals surface area contributed by atoms with Crippen LogP contribution in [0.3, 0.4) is 0 Å². The van der Waals surface area contributed by atoms with Crippen molar-refractivity contribution >= 4 is 17.3 Å². The van der Waals surface area contributed by atoms with E-state index in [1.165, 1.54) is 13.4 Å². The molecule has 9 heteroatoms. The molecule has 0 aliphatic rings. The first-order valence-electron chi connectivity index (χ1n) is 5.97. The Morgan fingerprint density at radius 1 is 1.52 bits per heavy atom. The highest BCUT2D eigenvalue weighted by Gasteiger charge is 2.15. The molecule has 0 bridgehead atoms. The van der Waals surface area contributed by atoms with Gasteiger partial charge in [-0.2, -0.15) is 4.68 Å². The Hall–Kier alpha value is -3.02. The zero-order valence-corrected chi connectivity index (χ0v) is 11.2. The van der Waals surface area contributed by atoms with E-state index in [9.17, 15) is 9.59 Å². The van der Waals surface area contributed by atoms with Gasteiger partial charge in [0, 0.05) is 6.42 Å². The average molecular weight is 288 g/mol. The fraction of sp³-hybridized carbons (Fsp3) is 0.333. The highest BCUT2D eigenvalue weighted by atomic mass is 16.5. The van der Waals surface area contributed by atoms with Gasteiger partial charge in [-0.1, -0.05) is 11.1 Å². The topological polar surface area (TPSA) is 115 Å². The maximum Gasteiger partial charge on any atom is 0.353 e. The van der Waals surface area contributed by atoms with Crippen LogP contribution in [0.1, 0.15) is 18.5 Å². The number of esters is 1. The second-order valence-corrected chi connectivity index (χ2v) is 4.08. The maximum absolute atomic E-state index is 12.0. The summed E-state index contributed by atoms with van der Waals surface area (Å²) in [5.74, 6) is 1.87. The Bertz CT molecular complexity index is 797. The molecule has 0 saturated carbocycles. The van der Waals surface area contributed by atoms with Crippen LogP contribution in [-0.2, 0) is 16.1 Å². The predicted molar refractivity (Wildman–Crippen MR) is 72.0 cm³/mol. The van der Waals surface area contributed by atoms with E-state index in [0.29, 0.717) is 0 Å². The average Bonchev–Trinajstić information content (AvgIpc) is 2.92. The molecule has 2 heterocycles. The minimum Gasteiger partial charge on any atom is -0.469 e. The van der Waals surface area contributed by atoms with Crippen LogP contribution in [-0.4, -0.2) is 43.2 Å². The minimum absolute atomic E-state index is 0.00489. The van der Waals surface area contributed by atoms with Gasteiger partial charge in [0.2, 0.25) is 0 Å². The zero-order chi connectivity index (χ0) is 15.4. The Balaban J connectivity index is 2.33. The van der Waals surface area contributed by atoms with Gasteiger partial charge >= 0.3 is 11.7 Å². The molecule has 2 aromatic heterocycles. The summed E-state index contributed by atoms with van der Waals surface area (Å²) in [6, 6.07) is 0. The van der Waals surface area contributed by atoms with Crippen LogP contribution in [0.2, 0.25) is 0 Å². The van der Waals surface area contributed by atoms with Crippen molar-refractivity contribution in [3.8, 4) is 12.3 Å². The van der Waals surface area contributed by atoms with Crippen molar-refractivity contribution in [1.82, 2.24) is 24.4 Å². The number of hydrogen-bond acceptors (Lipinski definition) is 7. The number of imidazole rings is 1. The highest BCUT2D eigenvalue weighted by molar-refractivity contribution is 6.02. The molecule has 0 spiro atoms. The van der Waals surface area contributed by atoms with Crippen LogP contribution in [0, 0.1) is 17.8 Å². The van der Waals surface area contributed by atoms with E-state index in [4.69, 9.17) is 11.8 Å². The number of fused-ring (bicyclic) bond motifs is 1.